The van der Waals surface area contributed by atoms with Crippen LogP contribution in [-0.4, -0.2) is 12.6 Å². The number of rotatable bonds is 3. The van der Waals surface area contributed by atoms with Crippen LogP contribution in [-0.2, 0) is 0 Å². The van der Waals surface area contributed by atoms with Gasteiger partial charge < -0.3 is 10.5 Å². The van der Waals surface area contributed by atoms with Crippen molar-refractivity contribution in [1.82, 2.24) is 0 Å². The molecule has 1 rings (SSSR count). The molecule has 2 N–H and O–H groups in total. The maximum Gasteiger partial charge on any atom is 0.139 e. The van der Waals surface area contributed by atoms with Gasteiger partial charge in [-0.3, -0.25) is 0 Å². The average molecular weight is 255 g/mol. The van der Waals surface area contributed by atoms with Gasteiger partial charge >= 0.3 is 0 Å². The molecule has 0 aromatic heterocycles. The molecule has 0 bridgehead atoms. The van der Waals surface area contributed by atoms with Crippen LogP contribution in [0, 0.1) is 0 Å². The van der Waals surface area contributed by atoms with Gasteiger partial charge in [0.05, 0.1) is 15.1 Å². The zero-order valence-electron chi connectivity index (χ0n) is 7.56. The fourth-order valence-corrected chi connectivity index (χ4v) is 1.44. The summed E-state index contributed by atoms with van der Waals surface area (Å²) in [6.07, 6.45) is -0.107. The van der Waals surface area contributed by atoms with Gasteiger partial charge in [0.1, 0.15) is 11.9 Å². The molecule has 0 saturated carbocycles. The van der Waals surface area contributed by atoms with Crippen molar-refractivity contribution in [2.45, 2.75) is 13.0 Å². The second kappa shape index (κ2) is 5.08. The van der Waals surface area contributed by atoms with Crippen molar-refractivity contribution in [1.29, 1.82) is 0 Å². The molecule has 5 heteroatoms. The minimum Gasteiger partial charge on any atom is -0.488 e. The highest BCUT2D eigenvalue weighted by Gasteiger charge is 2.09. The van der Waals surface area contributed by atoms with Gasteiger partial charge in [-0.1, -0.05) is 34.8 Å². The van der Waals surface area contributed by atoms with E-state index in [-0.39, 0.29) is 6.10 Å². The maximum absolute atomic E-state index is 5.89. The molecule has 1 atom stereocenters. The first-order valence-electron chi connectivity index (χ1n) is 4.06. The highest BCUT2D eigenvalue weighted by Crippen LogP contribution is 2.34. The Bertz CT molecular complexity index is 330. The van der Waals surface area contributed by atoms with E-state index < -0.39 is 0 Å². The van der Waals surface area contributed by atoms with Gasteiger partial charge in [-0.2, -0.15) is 0 Å². The van der Waals surface area contributed by atoms with E-state index in [2.05, 4.69) is 0 Å². The third-order valence-electron chi connectivity index (χ3n) is 1.63. The second-order valence-corrected chi connectivity index (χ2v) is 4.08. The lowest BCUT2D eigenvalue weighted by Crippen LogP contribution is -2.22. The summed E-state index contributed by atoms with van der Waals surface area (Å²) in [5, 5.41) is 1.25. The highest BCUT2D eigenvalue weighted by molar-refractivity contribution is 6.43. The minimum atomic E-state index is -0.107. The summed E-state index contributed by atoms with van der Waals surface area (Å²) in [6.45, 7) is 2.26. The molecule has 14 heavy (non-hydrogen) atoms. The van der Waals surface area contributed by atoms with Crippen LogP contribution in [0.3, 0.4) is 0 Å². The van der Waals surface area contributed by atoms with Gasteiger partial charge in [-0.25, -0.2) is 0 Å². The Hall–Kier alpha value is -0.150. The first-order chi connectivity index (χ1) is 6.54. The molecule has 1 aromatic carbocycles. The summed E-state index contributed by atoms with van der Waals surface area (Å²) in [7, 11) is 0. The molecular weight excluding hydrogens is 244 g/mol. The standard InChI is InChI=1S/C9H10Cl3NO/c1-5(4-13)14-9-3-7(11)6(10)2-8(9)12/h2-3,5H,4,13H2,1H3. The number of nitrogens with two attached hydrogens (primary N) is 1. The Morgan fingerprint density at radius 2 is 1.79 bits per heavy atom. The van der Waals surface area contributed by atoms with Crippen molar-refractivity contribution in [2.24, 2.45) is 5.73 Å². The molecule has 0 amide bonds. The SMILES string of the molecule is CC(CN)Oc1cc(Cl)c(Cl)cc1Cl. The largest absolute Gasteiger partial charge is 0.488 e. The van der Waals surface area contributed by atoms with Crippen LogP contribution >= 0.6 is 34.8 Å². The molecular formula is C9H10Cl3NO. The van der Waals surface area contributed by atoms with E-state index in [9.17, 15) is 0 Å². The van der Waals surface area contributed by atoms with Crippen LogP contribution in [0.5, 0.6) is 5.75 Å². The van der Waals surface area contributed by atoms with Crippen molar-refractivity contribution < 1.29 is 4.74 Å². The van der Waals surface area contributed by atoms with E-state index in [1.807, 2.05) is 6.92 Å². The first kappa shape index (κ1) is 11.9. The predicted molar refractivity (Wildman–Crippen MR) is 60.6 cm³/mol. The molecule has 0 aliphatic carbocycles. The van der Waals surface area contributed by atoms with E-state index in [1.165, 1.54) is 0 Å². The minimum absolute atomic E-state index is 0.107. The lowest BCUT2D eigenvalue weighted by Gasteiger charge is -2.14. The Morgan fingerprint density at radius 3 is 2.36 bits per heavy atom. The highest BCUT2D eigenvalue weighted by atomic mass is 35.5. The molecule has 1 aromatic rings. The third kappa shape index (κ3) is 2.92. The van der Waals surface area contributed by atoms with Crippen LogP contribution in [0.25, 0.3) is 0 Å². The summed E-state index contributed by atoms with van der Waals surface area (Å²) < 4.78 is 5.43. The maximum atomic E-state index is 5.89. The van der Waals surface area contributed by atoms with Gasteiger partial charge in [0.25, 0.3) is 0 Å². The molecule has 78 valence electrons. The molecule has 0 aliphatic rings. The Kier molecular flexibility index (Phi) is 4.32. The smallest absolute Gasteiger partial charge is 0.139 e. The molecule has 0 heterocycles. The second-order valence-electron chi connectivity index (χ2n) is 2.86. The van der Waals surface area contributed by atoms with Gasteiger partial charge in [0, 0.05) is 12.6 Å². The summed E-state index contributed by atoms with van der Waals surface area (Å²) in [5.74, 6) is 0.499. The van der Waals surface area contributed by atoms with Crippen molar-refractivity contribution in [3.63, 3.8) is 0 Å². The van der Waals surface area contributed by atoms with E-state index in [1.54, 1.807) is 12.1 Å². The van der Waals surface area contributed by atoms with Crippen molar-refractivity contribution in [2.75, 3.05) is 6.54 Å². The first-order valence-corrected chi connectivity index (χ1v) is 5.19. The van der Waals surface area contributed by atoms with Gasteiger partial charge in [-0.05, 0) is 13.0 Å². The zero-order chi connectivity index (χ0) is 10.7. The zero-order valence-corrected chi connectivity index (χ0v) is 9.83. The van der Waals surface area contributed by atoms with E-state index in [4.69, 9.17) is 45.3 Å². The van der Waals surface area contributed by atoms with Gasteiger partial charge in [0.15, 0.2) is 0 Å². The van der Waals surface area contributed by atoms with E-state index >= 15 is 0 Å². The van der Waals surface area contributed by atoms with Crippen molar-refractivity contribution in [3.8, 4) is 5.75 Å². The lowest BCUT2D eigenvalue weighted by atomic mass is 10.3. The molecule has 0 spiro atoms. The lowest BCUT2D eigenvalue weighted by molar-refractivity contribution is 0.230. The molecule has 0 radical (unpaired) electrons. The number of ether oxygens (including phenoxy) is 1. The number of halogens is 3. The van der Waals surface area contributed by atoms with Crippen LogP contribution in [0.15, 0.2) is 12.1 Å². The molecule has 0 saturated heterocycles. The van der Waals surface area contributed by atoms with E-state index in [0.717, 1.165) is 0 Å². The number of benzene rings is 1. The quantitative estimate of drug-likeness (QED) is 0.840. The summed E-state index contributed by atoms with van der Waals surface area (Å²) in [5.41, 5.74) is 5.41. The van der Waals surface area contributed by atoms with Crippen LogP contribution in [0.4, 0.5) is 0 Å². The van der Waals surface area contributed by atoms with Crippen LogP contribution in [0.1, 0.15) is 6.92 Å². The fraction of sp³-hybridized carbons (Fsp3) is 0.333. The molecule has 0 aliphatic heterocycles. The Balaban J connectivity index is 2.92. The third-order valence-corrected chi connectivity index (χ3v) is 2.65. The van der Waals surface area contributed by atoms with Crippen molar-refractivity contribution >= 4 is 34.8 Å². The molecule has 0 fully saturated rings. The Morgan fingerprint density at radius 1 is 1.21 bits per heavy atom. The van der Waals surface area contributed by atoms with Gasteiger partial charge in [-0.15, -0.1) is 0 Å². The molecule has 2 nitrogen and oxygen atoms in total. The van der Waals surface area contributed by atoms with Gasteiger partial charge in [0.2, 0.25) is 0 Å². The topological polar surface area (TPSA) is 35.2 Å². The number of hydrogen-bond donors (Lipinski definition) is 1. The predicted octanol–water partition coefficient (Wildman–Crippen LogP) is 3.37. The van der Waals surface area contributed by atoms with Crippen LogP contribution < -0.4 is 10.5 Å². The Labute approximate surface area is 97.9 Å². The molecule has 1 unspecified atom stereocenters. The monoisotopic (exact) mass is 253 g/mol. The summed E-state index contributed by atoms with van der Waals surface area (Å²) >= 11 is 17.5. The fourth-order valence-electron chi connectivity index (χ4n) is 0.859. The summed E-state index contributed by atoms with van der Waals surface area (Å²) in [4.78, 5) is 0. The van der Waals surface area contributed by atoms with Crippen LogP contribution in [0.2, 0.25) is 15.1 Å². The normalized spacial score (nSPS) is 12.6. The van der Waals surface area contributed by atoms with E-state index in [0.29, 0.717) is 27.4 Å². The summed E-state index contributed by atoms with van der Waals surface area (Å²) in [6, 6.07) is 3.13. The van der Waals surface area contributed by atoms with Crippen molar-refractivity contribution in [3.05, 3.63) is 27.2 Å². The number of hydrogen-bond acceptors (Lipinski definition) is 2. The average Bonchev–Trinajstić information content (AvgIpc) is 2.14.